The number of halogens is 2. The summed E-state index contributed by atoms with van der Waals surface area (Å²) in [5, 5.41) is 11.5. The van der Waals surface area contributed by atoms with Crippen LogP contribution in [0.3, 0.4) is 0 Å². The first-order valence-electron chi connectivity index (χ1n) is 13.0. The molecule has 10 heteroatoms. The Morgan fingerprint density at radius 1 is 0.800 bits per heavy atom. The molecule has 0 aliphatic rings. The second kappa shape index (κ2) is 13.6. The zero-order valence-corrected chi connectivity index (χ0v) is 22.8. The summed E-state index contributed by atoms with van der Waals surface area (Å²) in [5.41, 5.74) is 0.528. The van der Waals surface area contributed by atoms with E-state index in [1.54, 1.807) is 57.2 Å². The third kappa shape index (κ3) is 9.14. The fourth-order valence-electron chi connectivity index (χ4n) is 4.08. The topological polar surface area (TPSA) is 116 Å². The number of carbonyl (C=O) groups is 4. The van der Waals surface area contributed by atoms with E-state index in [1.165, 1.54) is 24.3 Å². The zero-order valence-electron chi connectivity index (χ0n) is 22.8. The molecule has 3 aromatic rings. The Bertz CT molecular complexity index is 1370. The van der Waals surface area contributed by atoms with Gasteiger partial charge in [0.1, 0.15) is 17.7 Å². The van der Waals surface area contributed by atoms with Crippen LogP contribution in [0, 0.1) is 11.6 Å². The highest BCUT2D eigenvalue weighted by Crippen LogP contribution is 2.21. The number of amides is 4. The van der Waals surface area contributed by atoms with Crippen molar-refractivity contribution in [3.63, 3.8) is 0 Å². The molecule has 0 spiro atoms. The van der Waals surface area contributed by atoms with Gasteiger partial charge in [0.15, 0.2) is 0 Å². The van der Waals surface area contributed by atoms with Gasteiger partial charge in [0.25, 0.3) is 5.91 Å². The number of hydrogen-bond donors (Lipinski definition) is 4. The molecule has 3 rings (SSSR count). The monoisotopic (exact) mass is 552 g/mol. The van der Waals surface area contributed by atoms with Gasteiger partial charge in [0.05, 0.1) is 6.42 Å². The normalized spacial score (nSPS) is 11.9. The lowest BCUT2D eigenvalue weighted by atomic mass is 10.0. The molecule has 40 heavy (non-hydrogen) atoms. The van der Waals surface area contributed by atoms with Gasteiger partial charge in [-0.25, -0.2) is 8.78 Å². The van der Waals surface area contributed by atoms with Gasteiger partial charge in [-0.05, 0) is 62.4 Å². The Labute approximate surface area is 231 Å². The van der Waals surface area contributed by atoms with Crippen molar-refractivity contribution in [2.75, 3.05) is 13.1 Å². The molecule has 3 aromatic carbocycles. The molecule has 212 valence electrons. The number of carbonyl (C=O) groups excluding carboxylic acids is 4. The molecule has 1 atom stereocenters. The first kappa shape index (κ1) is 30.2. The fourth-order valence-corrected chi connectivity index (χ4v) is 4.08. The number of hydrogen-bond acceptors (Lipinski definition) is 4. The molecule has 0 saturated carbocycles. The summed E-state index contributed by atoms with van der Waals surface area (Å²) in [7, 11) is 0. The molecule has 4 N–H and O–H groups in total. The van der Waals surface area contributed by atoms with E-state index in [2.05, 4.69) is 21.3 Å². The first-order valence-corrected chi connectivity index (χ1v) is 13.0. The van der Waals surface area contributed by atoms with Crippen molar-refractivity contribution >= 4 is 34.4 Å². The van der Waals surface area contributed by atoms with Gasteiger partial charge < -0.3 is 21.3 Å². The standard InChI is InChI=1S/C30H34F2N4O4/c1-30(2,3)36-27(38)18-25(35-26(37)15-10-19-8-11-20(31)12-9-19)29(40)34-17-16-33-28(39)23-13-14-24(32)22-7-5-4-6-21(22)23/h4-9,11-14,25H,10,15-18H2,1-3H3,(H,33,39)(H,34,40)(H,35,37)(H,36,38). The van der Waals surface area contributed by atoms with Crippen molar-refractivity contribution in [3.05, 3.63) is 83.4 Å². The van der Waals surface area contributed by atoms with Crippen molar-refractivity contribution in [1.82, 2.24) is 21.3 Å². The van der Waals surface area contributed by atoms with Gasteiger partial charge >= 0.3 is 0 Å². The van der Waals surface area contributed by atoms with Gasteiger partial charge in [0.2, 0.25) is 17.7 Å². The SMILES string of the molecule is CC(C)(C)NC(=O)CC(NC(=O)CCc1ccc(F)cc1)C(=O)NCCNC(=O)c1ccc(F)c2ccccc12. The van der Waals surface area contributed by atoms with Gasteiger partial charge in [0, 0.05) is 36.0 Å². The van der Waals surface area contributed by atoms with E-state index in [0.717, 1.165) is 5.56 Å². The molecule has 0 saturated heterocycles. The summed E-state index contributed by atoms with van der Waals surface area (Å²) in [4.78, 5) is 50.7. The minimum Gasteiger partial charge on any atom is -0.353 e. The molecular weight excluding hydrogens is 518 g/mol. The largest absolute Gasteiger partial charge is 0.353 e. The number of nitrogens with one attached hydrogen (secondary N) is 4. The summed E-state index contributed by atoms with van der Waals surface area (Å²) < 4.78 is 27.2. The Morgan fingerprint density at radius 3 is 2.12 bits per heavy atom. The van der Waals surface area contributed by atoms with E-state index in [9.17, 15) is 28.0 Å². The Kier molecular flexibility index (Phi) is 10.3. The van der Waals surface area contributed by atoms with Crippen LogP contribution in [0.1, 0.15) is 49.5 Å². The van der Waals surface area contributed by atoms with E-state index in [1.807, 2.05) is 0 Å². The Morgan fingerprint density at radius 2 is 1.45 bits per heavy atom. The molecule has 0 radical (unpaired) electrons. The average molecular weight is 553 g/mol. The van der Waals surface area contributed by atoms with Crippen molar-refractivity contribution in [2.45, 2.75) is 51.6 Å². The van der Waals surface area contributed by atoms with Gasteiger partial charge in [-0.3, -0.25) is 19.2 Å². The molecule has 4 amide bonds. The lowest BCUT2D eigenvalue weighted by molar-refractivity contribution is -0.132. The molecule has 0 aliphatic heterocycles. The molecule has 0 fully saturated rings. The molecule has 0 bridgehead atoms. The van der Waals surface area contributed by atoms with Crippen LogP contribution in [0.5, 0.6) is 0 Å². The molecule has 1 unspecified atom stereocenters. The van der Waals surface area contributed by atoms with Crippen LogP contribution in [0.15, 0.2) is 60.7 Å². The van der Waals surface area contributed by atoms with E-state index < -0.39 is 41.0 Å². The van der Waals surface area contributed by atoms with Crippen molar-refractivity contribution in [3.8, 4) is 0 Å². The third-order valence-corrected chi connectivity index (χ3v) is 5.93. The highest BCUT2D eigenvalue weighted by Gasteiger charge is 2.25. The quantitative estimate of drug-likeness (QED) is 0.273. The van der Waals surface area contributed by atoms with E-state index in [-0.39, 0.29) is 31.7 Å². The second-order valence-corrected chi connectivity index (χ2v) is 10.4. The second-order valence-electron chi connectivity index (χ2n) is 10.4. The first-order chi connectivity index (χ1) is 18.9. The van der Waals surface area contributed by atoms with Crippen molar-refractivity contribution in [1.29, 1.82) is 0 Å². The third-order valence-electron chi connectivity index (χ3n) is 5.93. The Hall–Kier alpha value is -4.34. The maximum absolute atomic E-state index is 14.1. The van der Waals surface area contributed by atoms with Crippen LogP contribution in [-0.4, -0.2) is 48.3 Å². The zero-order chi connectivity index (χ0) is 29.3. The summed E-state index contributed by atoms with van der Waals surface area (Å²) in [6.45, 7) is 5.50. The van der Waals surface area contributed by atoms with E-state index >= 15 is 0 Å². The number of fused-ring (bicyclic) bond motifs is 1. The maximum Gasteiger partial charge on any atom is 0.251 e. The number of benzene rings is 3. The van der Waals surface area contributed by atoms with Crippen LogP contribution >= 0.6 is 0 Å². The van der Waals surface area contributed by atoms with Crippen LogP contribution in [0.4, 0.5) is 8.78 Å². The lowest BCUT2D eigenvalue weighted by Gasteiger charge is -2.23. The summed E-state index contributed by atoms with van der Waals surface area (Å²) in [6, 6.07) is 13.9. The summed E-state index contributed by atoms with van der Waals surface area (Å²) >= 11 is 0. The predicted molar refractivity (Wildman–Crippen MR) is 148 cm³/mol. The number of rotatable bonds is 11. The van der Waals surface area contributed by atoms with Crippen LogP contribution in [-0.2, 0) is 20.8 Å². The average Bonchev–Trinajstić information content (AvgIpc) is 2.89. The molecule has 0 aliphatic carbocycles. The highest BCUT2D eigenvalue weighted by atomic mass is 19.1. The summed E-state index contributed by atoms with van der Waals surface area (Å²) in [6.07, 6.45) is 0.0933. The predicted octanol–water partition coefficient (Wildman–Crippen LogP) is 3.39. The van der Waals surface area contributed by atoms with Gasteiger partial charge in [-0.15, -0.1) is 0 Å². The smallest absolute Gasteiger partial charge is 0.251 e. The maximum atomic E-state index is 14.1. The minimum absolute atomic E-state index is 0.0343. The van der Waals surface area contributed by atoms with Gasteiger partial charge in [-0.1, -0.05) is 36.4 Å². The Balaban J connectivity index is 1.56. The molecule has 0 aromatic heterocycles. The van der Waals surface area contributed by atoms with Crippen LogP contribution < -0.4 is 21.3 Å². The minimum atomic E-state index is -1.14. The molecule has 0 heterocycles. The van der Waals surface area contributed by atoms with E-state index in [4.69, 9.17) is 0 Å². The highest BCUT2D eigenvalue weighted by molar-refractivity contribution is 6.07. The number of aryl methyl sites for hydroxylation is 1. The fraction of sp³-hybridized carbons (Fsp3) is 0.333. The summed E-state index contributed by atoms with van der Waals surface area (Å²) in [5.74, 6) is -2.67. The van der Waals surface area contributed by atoms with Crippen LogP contribution in [0.25, 0.3) is 10.8 Å². The van der Waals surface area contributed by atoms with Crippen molar-refractivity contribution in [2.24, 2.45) is 0 Å². The van der Waals surface area contributed by atoms with Crippen molar-refractivity contribution < 1.29 is 28.0 Å². The van der Waals surface area contributed by atoms with E-state index in [0.29, 0.717) is 22.8 Å². The lowest BCUT2D eigenvalue weighted by Crippen LogP contribution is -2.51. The van der Waals surface area contributed by atoms with Crippen LogP contribution in [0.2, 0.25) is 0 Å². The van der Waals surface area contributed by atoms with Gasteiger partial charge in [-0.2, -0.15) is 0 Å². The molecule has 8 nitrogen and oxygen atoms in total. The molecular formula is C30H34F2N4O4.